The van der Waals surface area contributed by atoms with E-state index in [1.807, 2.05) is 31.2 Å². The summed E-state index contributed by atoms with van der Waals surface area (Å²) in [5.74, 6) is -0.117. The predicted molar refractivity (Wildman–Crippen MR) is 96.6 cm³/mol. The lowest BCUT2D eigenvalue weighted by atomic mass is 10.1. The maximum atomic E-state index is 12.2. The van der Waals surface area contributed by atoms with E-state index in [1.54, 1.807) is 17.5 Å². The van der Waals surface area contributed by atoms with E-state index < -0.39 is 0 Å². The van der Waals surface area contributed by atoms with Crippen molar-refractivity contribution in [2.75, 3.05) is 6.54 Å². The van der Waals surface area contributed by atoms with Crippen LogP contribution in [0.25, 0.3) is 10.9 Å². The zero-order valence-corrected chi connectivity index (χ0v) is 14.7. The maximum Gasteiger partial charge on any atom is 0.252 e. The van der Waals surface area contributed by atoms with Crippen LogP contribution in [-0.4, -0.2) is 22.4 Å². The van der Waals surface area contributed by atoms with Crippen LogP contribution in [0.2, 0.25) is 0 Å². The van der Waals surface area contributed by atoms with Crippen LogP contribution in [0.1, 0.15) is 25.9 Å². The molecule has 0 aliphatic heterocycles. The summed E-state index contributed by atoms with van der Waals surface area (Å²) >= 11 is 6.06. The van der Waals surface area contributed by atoms with Crippen molar-refractivity contribution in [3.8, 4) is 0 Å². The number of thiol groups is 1. The molecule has 2 aromatic heterocycles. The van der Waals surface area contributed by atoms with E-state index in [4.69, 9.17) is 0 Å². The van der Waals surface area contributed by atoms with Crippen molar-refractivity contribution < 1.29 is 4.79 Å². The molecule has 0 unspecified atom stereocenters. The number of amides is 1. The van der Waals surface area contributed by atoms with Crippen LogP contribution < -0.4 is 5.32 Å². The Morgan fingerprint density at radius 1 is 1.35 bits per heavy atom. The Hall–Kier alpha value is -1.92. The summed E-state index contributed by atoms with van der Waals surface area (Å²) in [5, 5.41) is 4.89. The minimum Gasteiger partial charge on any atom is -0.352 e. The molecule has 0 saturated heterocycles. The molecule has 1 amide bonds. The number of nitrogens with one attached hydrogen (secondary N) is 1. The molecule has 2 heterocycles. The molecular formula is C17H17N3OS2. The minimum atomic E-state index is -0.117. The highest BCUT2D eigenvalue weighted by molar-refractivity contribution is 7.80. The van der Waals surface area contributed by atoms with Gasteiger partial charge in [-0.05, 0) is 26.0 Å². The first-order valence-electron chi connectivity index (χ1n) is 7.33. The Labute approximate surface area is 144 Å². The van der Waals surface area contributed by atoms with Gasteiger partial charge in [-0.25, -0.2) is 4.98 Å². The van der Waals surface area contributed by atoms with Crippen LogP contribution in [-0.2, 0) is 6.42 Å². The molecule has 1 aromatic carbocycles. The Morgan fingerprint density at radius 3 is 2.91 bits per heavy atom. The Morgan fingerprint density at radius 2 is 2.17 bits per heavy atom. The molecule has 0 atom stereocenters. The molecular weight excluding hydrogens is 326 g/mol. The lowest BCUT2D eigenvalue weighted by Gasteiger charge is -2.06. The fraction of sp³-hybridized carbons (Fsp3) is 0.235. The van der Waals surface area contributed by atoms with Crippen molar-refractivity contribution in [3.05, 3.63) is 51.6 Å². The Kier molecular flexibility index (Phi) is 4.63. The third kappa shape index (κ3) is 3.54. The fourth-order valence-electron chi connectivity index (χ4n) is 2.30. The van der Waals surface area contributed by atoms with Gasteiger partial charge in [-0.3, -0.25) is 9.78 Å². The highest BCUT2D eigenvalue weighted by Crippen LogP contribution is 2.20. The number of benzene rings is 1. The molecule has 0 aliphatic carbocycles. The zero-order valence-electron chi connectivity index (χ0n) is 13.0. The van der Waals surface area contributed by atoms with Crippen molar-refractivity contribution in [1.82, 2.24) is 15.3 Å². The summed E-state index contributed by atoms with van der Waals surface area (Å²) in [6.07, 6.45) is 2.34. The lowest BCUT2D eigenvalue weighted by molar-refractivity contribution is 0.0954. The number of nitrogens with zero attached hydrogens (tertiary/aromatic N) is 2. The largest absolute Gasteiger partial charge is 0.352 e. The summed E-state index contributed by atoms with van der Waals surface area (Å²) in [6.45, 7) is 4.63. The van der Waals surface area contributed by atoms with Crippen molar-refractivity contribution in [2.24, 2.45) is 0 Å². The van der Waals surface area contributed by atoms with Gasteiger partial charge in [0.25, 0.3) is 5.91 Å². The molecule has 0 spiro atoms. The number of carbonyl (C=O) groups is 1. The van der Waals surface area contributed by atoms with Gasteiger partial charge >= 0.3 is 0 Å². The van der Waals surface area contributed by atoms with Crippen molar-refractivity contribution >= 4 is 40.8 Å². The summed E-state index contributed by atoms with van der Waals surface area (Å²) in [4.78, 5) is 23.1. The number of rotatable bonds is 4. The van der Waals surface area contributed by atoms with Crippen LogP contribution in [0, 0.1) is 13.8 Å². The number of carbonyl (C=O) groups excluding carboxylic acids is 1. The maximum absolute atomic E-state index is 12.2. The second-order valence-electron chi connectivity index (χ2n) is 5.33. The zero-order chi connectivity index (χ0) is 16.4. The van der Waals surface area contributed by atoms with E-state index >= 15 is 0 Å². The molecule has 0 saturated carbocycles. The SMILES string of the molecule is Cc1nc(CCNC(=O)c2cnc3c(S)cccc3c2)sc1C. The molecule has 0 aliphatic rings. The van der Waals surface area contributed by atoms with Gasteiger partial charge in [0.2, 0.25) is 0 Å². The van der Waals surface area contributed by atoms with E-state index in [2.05, 4.69) is 34.8 Å². The standard InChI is InChI=1S/C17H17N3OS2/c1-10-11(2)23-15(20-10)6-7-18-17(21)13-8-12-4-3-5-14(22)16(12)19-9-13/h3-5,8-9,22H,6-7H2,1-2H3,(H,18,21). The van der Waals surface area contributed by atoms with E-state index in [-0.39, 0.29) is 5.91 Å². The normalized spacial score (nSPS) is 10.9. The molecule has 6 heteroatoms. The summed E-state index contributed by atoms with van der Waals surface area (Å²) in [6, 6.07) is 7.56. The van der Waals surface area contributed by atoms with E-state index in [9.17, 15) is 4.79 Å². The van der Waals surface area contributed by atoms with Crippen LogP contribution >= 0.6 is 24.0 Å². The smallest absolute Gasteiger partial charge is 0.252 e. The van der Waals surface area contributed by atoms with Gasteiger partial charge < -0.3 is 5.32 Å². The van der Waals surface area contributed by atoms with E-state index in [1.165, 1.54) is 4.88 Å². The summed E-state index contributed by atoms with van der Waals surface area (Å²) in [5.41, 5.74) is 2.43. The quantitative estimate of drug-likeness (QED) is 0.712. The van der Waals surface area contributed by atoms with Gasteiger partial charge in [0.05, 0.1) is 21.8 Å². The second kappa shape index (κ2) is 6.68. The number of aromatic nitrogens is 2. The van der Waals surface area contributed by atoms with Crippen LogP contribution in [0.4, 0.5) is 0 Å². The number of pyridine rings is 1. The van der Waals surface area contributed by atoms with Gasteiger partial charge in [-0.2, -0.15) is 0 Å². The molecule has 23 heavy (non-hydrogen) atoms. The van der Waals surface area contributed by atoms with Crippen molar-refractivity contribution in [2.45, 2.75) is 25.2 Å². The van der Waals surface area contributed by atoms with Gasteiger partial charge in [0, 0.05) is 34.3 Å². The van der Waals surface area contributed by atoms with Crippen molar-refractivity contribution in [1.29, 1.82) is 0 Å². The van der Waals surface area contributed by atoms with Crippen molar-refractivity contribution in [3.63, 3.8) is 0 Å². The number of aryl methyl sites for hydroxylation is 2. The van der Waals surface area contributed by atoms with Gasteiger partial charge in [0.15, 0.2) is 0 Å². The molecule has 4 nitrogen and oxygen atoms in total. The highest BCUT2D eigenvalue weighted by atomic mass is 32.1. The molecule has 3 rings (SSSR count). The van der Waals surface area contributed by atoms with Gasteiger partial charge in [0.1, 0.15) is 0 Å². The number of hydrogen-bond acceptors (Lipinski definition) is 5. The van der Waals surface area contributed by atoms with Crippen LogP contribution in [0.15, 0.2) is 35.4 Å². The first-order valence-corrected chi connectivity index (χ1v) is 8.60. The average molecular weight is 343 g/mol. The molecule has 0 fully saturated rings. The first-order chi connectivity index (χ1) is 11.0. The molecule has 1 N–H and O–H groups in total. The topological polar surface area (TPSA) is 54.9 Å². The molecule has 0 bridgehead atoms. The monoisotopic (exact) mass is 343 g/mol. The fourth-order valence-corrected chi connectivity index (χ4v) is 3.51. The predicted octanol–water partition coefficient (Wildman–Crippen LogP) is 3.57. The number of para-hydroxylation sites is 1. The summed E-state index contributed by atoms with van der Waals surface area (Å²) in [7, 11) is 0. The van der Waals surface area contributed by atoms with Crippen LogP contribution in [0.3, 0.4) is 0 Å². The first kappa shape index (κ1) is 16.0. The van der Waals surface area contributed by atoms with Gasteiger partial charge in [-0.15, -0.1) is 24.0 Å². The summed E-state index contributed by atoms with van der Waals surface area (Å²) < 4.78 is 0. The third-order valence-corrected chi connectivity index (χ3v) is 5.14. The van der Waals surface area contributed by atoms with E-state index in [0.29, 0.717) is 12.1 Å². The van der Waals surface area contributed by atoms with Crippen LogP contribution in [0.5, 0.6) is 0 Å². The highest BCUT2D eigenvalue weighted by Gasteiger charge is 2.09. The Bertz CT molecular complexity index is 854. The third-order valence-electron chi connectivity index (χ3n) is 3.65. The minimum absolute atomic E-state index is 0.117. The average Bonchev–Trinajstić information content (AvgIpc) is 2.85. The Balaban J connectivity index is 1.66. The molecule has 118 valence electrons. The van der Waals surface area contributed by atoms with Gasteiger partial charge in [-0.1, -0.05) is 12.1 Å². The number of thiazole rings is 1. The molecule has 3 aromatic rings. The molecule has 0 radical (unpaired) electrons. The lowest BCUT2D eigenvalue weighted by Crippen LogP contribution is -2.25. The second-order valence-corrected chi connectivity index (χ2v) is 7.10. The number of hydrogen-bond donors (Lipinski definition) is 2. The number of fused-ring (bicyclic) bond motifs is 1. The van der Waals surface area contributed by atoms with E-state index in [0.717, 1.165) is 32.9 Å².